The minimum Gasteiger partial charge on any atom is -0.301 e. The molecule has 0 unspecified atom stereocenters. The van der Waals surface area contributed by atoms with Crippen LogP contribution in [-0.2, 0) is 6.54 Å². The molecule has 0 radical (unpaired) electrons. The summed E-state index contributed by atoms with van der Waals surface area (Å²) in [5, 5.41) is 8.80. The van der Waals surface area contributed by atoms with E-state index in [0.717, 1.165) is 0 Å². The van der Waals surface area contributed by atoms with E-state index in [4.69, 9.17) is 16.9 Å². The molecule has 5 nitrogen and oxygen atoms in total. The van der Waals surface area contributed by atoms with Crippen LogP contribution < -0.4 is 0 Å². The number of fused-ring (bicyclic) bond motifs is 1. The monoisotopic (exact) mass is 193 g/mol. The van der Waals surface area contributed by atoms with Gasteiger partial charge < -0.3 is 4.57 Å². The Morgan fingerprint density at radius 1 is 1.46 bits per heavy atom. The first-order valence-corrected chi connectivity index (χ1v) is 3.89. The smallest absolute Gasteiger partial charge is 0.165 e. The third-order valence-electron chi connectivity index (χ3n) is 1.60. The highest BCUT2D eigenvalue weighted by molar-refractivity contribution is 6.33. The number of imidazole rings is 1. The van der Waals surface area contributed by atoms with Crippen molar-refractivity contribution in [1.29, 1.82) is 5.26 Å². The van der Waals surface area contributed by atoms with Crippen molar-refractivity contribution in [3.63, 3.8) is 0 Å². The molecule has 0 saturated carbocycles. The molecule has 2 aromatic heterocycles. The lowest BCUT2D eigenvalue weighted by Crippen LogP contribution is -1.94. The molecule has 64 valence electrons. The highest BCUT2D eigenvalue weighted by Gasteiger charge is 2.06. The predicted octanol–water partition coefficient (Wildman–Crippen LogP) is 1.00. The van der Waals surface area contributed by atoms with Crippen LogP contribution in [0.15, 0.2) is 12.7 Å². The maximum absolute atomic E-state index is 8.49. The summed E-state index contributed by atoms with van der Waals surface area (Å²) in [5.41, 5.74) is 1.11. The van der Waals surface area contributed by atoms with Gasteiger partial charge in [0.25, 0.3) is 0 Å². The zero-order chi connectivity index (χ0) is 9.26. The van der Waals surface area contributed by atoms with Gasteiger partial charge in [-0.15, -0.1) is 0 Å². The van der Waals surface area contributed by atoms with Gasteiger partial charge in [0.05, 0.1) is 12.4 Å². The van der Waals surface area contributed by atoms with E-state index >= 15 is 0 Å². The van der Waals surface area contributed by atoms with Gasteiger partial charge in [0.2, 0.25) is 0 Å². The molecule has 0 N–H and O–H groups in total. The minimum absolute atomic E-state index is 0.212. The van der Waals surface area contributed by atoms with Gasteiger partial charge in [0.15, 0.2) is 10.8 Å². The Morgan fingerprint density at radius 2 is 2.31 bits per heavy atom. The Balaban J connectivity index is 2.70. The van der Waals surface area contributed by atoms with Crippen molar-refractivity contribution in [1.82, 2.24) is 19.5 Å². The van der Waals surface area contributed by atoms with Crippen LogP contribution in [0, 0.1) is 11.3 Å². The zero-order valence-corrected chi connectivity index (χ0v) is 7.23. The topological polar surface area (TPSA) is 67.4 Å². The molecule has 0 saturated heterocycles. The predicted molar refractivity (Wildman–Crippen MR) is 45.9 cm³/mol. The average Bonchev–Trinajstić information content (AvgIpc) is 2.51. The molecule has 2 rings (SSSR count). The van der Waals surface area contributed by atoms with Crippen molar-refractivity contribution in [3.05, 3.63) is 17.8 Å². The second-order valence-corrected chi connectivity index (χ2v) is 2.73. The molecule has 0 aliphatic rings. The summed E-state index contributed by atoms with van der Waals surface area (Å²) in [6.45, 7) is 0.212. The fourth-order valence-corrected chi connectivity index (χ4v) is 1.22. The fourth-order valence-electron chi connectivity index (χ4n) is 1.04. The van der Waals surface area contributed by atoms with E-state index in [0.29, 0.717) is 16.3 Å². The SMILES string of the molecule is N#CCn1cnc2c(Cl)ncnc21. The van der Waals surface area contributed by atoms with E-state index in [2.05, 4.69) is 15.0 Å². The molecule has 2 heterocycles. The molecule has 6 heteroatoms. The molecular weight excluding hydrogens is 190 g/mol. The van der Waals surface area contributed by atoms with Gasteiger partial charge in [-0.3, -0.25) is 0 Å². The summed E-state index contributed by atoms with van der Waals surface area (Å²) in [7, 11) is 0. The van der Waals surface area contributed by atoms with Crippen molar-refractivity contribution in [3.8, 4) is 6.07 Å². The van der Waals surface area contributed by atoms with Crippen molar-refractivity contribution < 1.29 is 0 Å². The molecule has 0 spiro atoms. The second kappa shape index (κ2) is 2.99. The van der Waals surface area contributed by atoms with Crippen LogP contribution in [0.5, 0.6) is 0 Å². The first-order chi connectivity index (χ1) is 6.33. The van der Waals surface area contributed by atoms with Crippen LogP contribution >= 0.6 is 11.6 Å². The number of hydrogen-bond donors (Lipinski definition) is 0. The van der Waals surface area contributed by atoms with Crippen LogP contribution in [0.3, 0.4) is 0 Å². The Kier molecular flexibility index (Phi) is 1.83. The van der Waals surface area contributed by atoms with Crippen molar-refractivity contribution in [2.75, 3.05) is 0 Å². The van der Waals surface area contributed by atoms with Gasteiger partial charge >= 0.3 is 0 Å². The molecule has 0 aromatic carbocycles. The highest BCUT2D eigenvalue weighted by atomic mass is 35.5. The van der Waals surface area contributed by atoms with Gasteiger partial charge in [0, 0.05) is 0 Å². The fraction of sp³-hybridized carbons (Fsp3) is 0.143. The summed E-state index contributed by atoms with van der Waals surface area (Å²) < 4.78 is 1.61. The summed E-state index contributed by atoms with van der Waals surface area (Å²) in [5.74, 6) is 0. The lowest BCUT2D eigenvalue weighted by molar-refractivity contribution is 0.846. The normalized spacial score (nSPS) is 10.2. The number of nitrogens with zero attached hydrogens (tertiary/aromatic N) is 5. The van der Waals surface area contributed by atoms with E-state index in [1.807, 2.05) is 6.07 Å². The molecule has 0 amide bonds. The third kappa shape index (κ3) is 1.21. The molecular formula is C7H4ClN5. The summed E-state index contributed by atoms with van der Waals surface area (Å²) >= 11 is 5.76. The van der Waals surface area contributed by atoms with Gasteiger partial charge in [-0.2, -0.15) is 5.26 Å². The molecule has 0 aliphatic heterocycles. The third-order valence-corrected chi connectivity index (χ3v) is 1.87. The zero-order valence-electron chi connectivity index (χ0n) is 6.48. The first-order valence-electron chi connectivity index (χ1n) is 3.51. The Labute approximate surface area is 78.6 Å². The van der Waals surface area contributed by atoms with Gasteiger partial charge in [-0.05, 0) is 0 Å². The summed E-state index contributed by atoms with van der Waals surface area (Å²) in [6, 6.07) is 2.00. The highest BCUT2D eigenvalue weighted by Crippen LogP contribution is 2.16. The van der Waals surface area contributed by atoms with E-state index in [1.165, 1.54) is 12.7 Å². The van der Waals surface area contributed by atoms with Gasteiger partial charge in [-0.1, -0.05) is 11.6 Å². The van der Waals surface area contributed by atoms with Crippen LogP contribution in [0.1, 0.15) is 0 Å². The lowest BCUT2D eigenvalue weighted by atomic mass is 10.5. The van der Waals surface area contributed by atoms with Crippen molar-refractivity contribution >= 4 is 22.8 Å². The molecule has 13 heavy (non-hydrogen) atoms. The lowest BCUT2D eigenvalue weighted by Gasteiger charge is -1.94. The maximum atomic E-state index is 8.49. The van der Waals surface area contributed by atoms with E-state index in [-0.39, 0.29) is 6.54 Å². The number of rotatable bonds is 1. The Morgan fingerprint density at radius 3 is 3.08 bits per heavy atom. The molecule has 0 atom stereocenters. The van der Waals surface area contributed by atoms with Crippen LogP contribution in [0.25, 0.3) is 11.2 Å². The average molecular weight is 194 g/mol. The summed E-state index contributed by atoms with van der Waals surface area (Å²) in [6.07, 6.45) is 2.87. The van der Waals surface area contributed by atoms with Crippen LogP contribution in [-0.4, -0.2) is 19.5 Å². The van der Waals surface area contributed by atoms with Crippen molar-refractivity contribution in [2.24, 2.45) is 0 Å². The van der Waals surface area contributed by atoms with Crippen LogP contribution in [0.2, 0.25) is 5.15 Å². The van der Waals surface area contributed by atoms with E-state index in [1.54, 1.807) is 4.57 Å². The summed E-state index contributed by atoms with van der Waals surface area (Å²) in [4.78, 5) is 11.7. The van der Waals surface area contributed by atoms with Crippen LogP contribution in [0.4, 0.5) is 0 Å². The number of nitriles is 1. The molecule has 0 bridgehead atoms. The van der Waals surface area contributed by atoms with Gasteiger partial charge in [0.1, 0.15) is 18.4 Å². The quantitative estimate of drug-likeness (QED) is 0.634. The van der Waals surface area contributed by atoms with Gasteiger partial charge in [-0.25, -0.2) is 15.0 Å². The van der Waals surface area contributed by atoms with E-state index < -0.39 is 0 Å². The van der Waals surface area contributed by atoms with E-state index in [9.17, 15) is 0 Å². The van der Waals surface area contributed by atoms with Crippen molar-refractivity contribution in [2.45, 2.75) is 6.54 Å². The Bertz CT molecular complexity index is 483. The largest absolute Gasteiger partial charge is 0.301 e. The first kappa shape index (κ1) is 7.95. The standard InChI is InChI=1S/C7H4ClN5/c8-6-5-7(11-3-10-6)13(2-1-9)4-12-5/h3-4H,2H2. The molecule has 0 aliphatic carbocycles. The number of hydrogen-bond acceptors (Lipinski definition) is 4. The molecule has 2 aromatic rings. The molecule has 0 fully saturated rings. The number of aromatic nitrogens is 4. The maximum Gasteiger partial charge on any atom is 0.165 e. The Hall–Kier alpha value is -1.67. The number of halogens is 1. The minimum atomic E-state index is 0.212. The second-order valence-electron chi connectivity index (χ2n) is 2.37.